The number of nitrogens with zero attached hydrogens (tertiary/aromatic N) is 1. The molecule has 0 unspecified atom stereocenters. The number of carbonyl (C=O) groups is 2. The van der Waals surface area contributed by atoms with E-state index in [0.29, 0.717) is 25.1 Å². The van der Waals surface area contributed by atoms with E-state index in [-0.39, 0.29) is 11.3 Å². The number of benzene rings is 2. The Kier molecular flexibility index (Phi) is 6.08. The zero-order valence-electron chi connectivity index (χ0n) is 14.9. The Balaban J connectivity index is 2.12. The van der Waals surface area contributed by atoms with Crippen molar-refractivity contribution in [2.45, 2.75) is 12.5 Å². The molecule has 1 atom stereocenters. The normalized spacial score (nSPS) is 18.9. The first kappa shape index (κ1) is 19.3. The highest BCUT2D eigenvalue weighted by Crippen LogP contribution is 2.39. The van der Waals surface area contributed by atoms with Crippen LogP contribution in [-0.2, 0) is 14.3 Å². The summed E-state index contributed by atoms with van der Waals surface area (Å²) in [5, 5.41) is 10.8. The topological polar surface area (TPSA) is 66.8 Å². The molecular weight excluding hydrogens is 410 g/mol. The number of likely N-dealkylation sites (tertiary alicyclic amines) is 1. The first-order valence-corrected chi connectivity index (χ1v) is 9.42. The average molecular weight is 430 g/mol. The van der Waals surface area contributed by atoms with Crippen molar-refractivity contribution < 1.29 is 19.4 Å². The lowest BCUT2D eigenvalue weighted by Crippen LogP contribution is -2.31. The van der Waals surface area contributed by atoms with Gasteiger partial charge in [-0.1, -0.05) is 58.4 Å². The average Bonchev–Trinajstić information content (AvgIpc) is 2.93. The van der Waals surface area contributed by atoms with Crippen LogP contribution in [0, 0.1) is 0 Å². The maximum Gasteiger partial charge on any atom is 0.295 e. The minimum absolute atomic E-state index is 0.113. The third kappa shape index (κ3) is 3.96. The Bertz CT molecular complexity index is 879. The van der Waals surface area contributed by atoms with Gasteiger partial charge in [-0.15, -0.1) is 0 Å². The summed E-state index contributed by atoms with van der Waals surface area (Å²) in [6.45, 7) is 0.841. The molecule has 1 N–H and O–H groups in total. The van der Waals surface area contributed by atoms with Gasteiger partial charge in [0.2, 0.25) is 0 Å². The number of aliphatic hydroxyl groups excluding tert-OH is 1. The van der Waals surface area contributed by atoms with E-state index in [4.69, 9.17) is 4.74 Å². The van der Waals surface area contributed by atoms with E-state index in [0.717, 1.165) is 10.0 Å². The van der Waals surface area contributed by atoms with E-state index in [2.05, 4.69) is 15.9 Å². The first-order valence-electron chi connectivity index (χ1n) is 8.63. The Morgan fingerprint density at radius 3 is 2.56 bits per heavy atom. The Morgan fingerprint density at radius 1 is 1.15 bits per heavy atom. The Morgan fingerprint density at radius 2 is 1.89 bits per heavy atom. The third-order valence-electron chi connectivity index (χ3n) is 4.50. The van der Waals surface area contributed by atoms with E-state index in [9.17, 15) is 14.7 Å². The first-order chi connectivity index (χ1) is 13.0. The van der Waals surface area contributed by atoms with Crippen LogP contribution in [0.25, 0.3) is 5.76 Å². The SMILES string of the molecule is COCCCN1C(=O)C(=O)/C(=C(/O)c2ccccc2)[C@@H]1c1cccc(Br)c1. The molecule has 1 amide bonds. The number of ketones is 1. The van der Waals surface area contributed by atoms with Crippen LogP contribution in [0.3, 0.4) is 0 Å². The molecule has 3 rings (SSSR count). The fourth-order valence-electron chi connectivity index (χ4n) is 3.26. The summed E-state index contributed by atoms with van der Waals surface area (Å²) in [4.78, 5) is 27.0. The number of Topliss-reactive ketones (excluding diaryl/α,β-unsaturated/α-hetero) is 1. The lowest BCUT2D eigenvalue weighted by Gasteiger charge is -2.25. The van der Waals surface area contributed by atoms with Crippen LogP contribution in [-0.4, -0.2) is 42.0 Å². The zero-order valence-corrected chi connectivity index (χ0v) is 16.5. The fraction of sp³-hybridized carbons (Fsp3) is 0.238. The van der Waals surface area contributed by atoms with Crippen molar-refractivity contribution in [3.63, 3.8) is 0 Å². The van der Waals surface area contributed by atoms with Gasteiger partial charge in [0.1, 0.15) is 5.76 Å². The molecule has 0 saturated carbocycles. The standard InChI is InChI=1S/C21H20BrNO4/c1-27-12-6-11-23-18(15-9-5-10-16(22)13-15)17(20(25)21(23)26)19(24)14-7-3-2-4-8-14/h2-5,7-10,13,18,24H,6,11-12H2,1H3/b19-17+/t18-/m0/s1. The second-order valence-electron chi connectivity index (χ2n) is 6.26. The largest absolute Gasteiger partial charge is 0.507 e. The van der Waals surface area contributed by atoms with Gasteiger partial charge in [0.15, 0.2) is 0 Å². The van der Waals surface area contributed by atoms with Crippen molar-refractivity contribution in [1.82, 2.24) is 4.90 Å². The van der Waals surface area contributed by atoms with Crippen LogP contribution in [0.15, 0.2) is 64.6 Å². The molecule has 2 aromatic carbocycles. The smallest absolute Gasteiger partial charge is 0.295 e. The highest BCUT2D eigenvalue weighted by Gasteiger charge is 2.45. The summed E-state index contributed by atoms with van der Waals surface area (Å²) in [5.74, 6) is -1.43. The molecule has 1 fully saturated rings. The van der Waals surface area contributed by atoms with Gasteiger partial charge in [0, 0.05) is 30.3 Å². The molecule has 140 valence electrons. The molecule has 0 bridgehead atoms. The molecule has 5 nitrogen and oxygen atoms in total. The molecule has 27 heavy (non-hydrogen) atoms. The molecule has 0 aromatic heterocycles. The molecule has 0 spiro atoms. The summed E-state index contributed by atoms with van der Waals surface area (Å²) in [6.07, 6.45) is 0.597. The third-order valence-corrected chi connectivity index (χ3v) is 4.99. The molecule has 6 heteroatoms. The number of halogens is 1. The van der Waals surface area contributed by atoms with Crippen LogP contribution in [0.4, 0.5) is 0 Å². The Hall–Kier alpha value is -2.44. The molecule has 0 aliphatic carbocycles. The lowest BCUT2D eigenvalue weighted by molar-refractivity contribution is -0.140. The molecule has 1 heterocycles. The number of methoxy groups -OCH3 is 1. The summed E-state index contributed by atoms with van der Waals surface area (Å²) in [5.41, 5.74) is 1.38. The van der Waals surface area contributed by atoms with E-state index in [1.807, 2.05) is 30.3 Å². The summed E-state index contributed by atoms with van der Waals surface area (Å²) < 4.78 is 5.91. The second kappa shape index (κ2) is 8.50. The highest BCUT2D eigenvalue weighted by atomic mass is 79.9. The predicted molar refractivity (Wildman–Crippen MR) is 106 cm³/mol. The predicted octanol–water partition coefficient (Wildman–Crippen LogP) is 3.91. The van der Waals surface area contributed by atoms with Crippen molar-refractivity contribution in [2.24, 2.45) is 0 Å². The molecule has 0 radical (unpaired) electrons. The van der Waals surface area contributed by atoms with Crippen LogP contribution in [0.1, 0.15) is 23.6 Å². The van der Waals surface area contributed by atoms with Crippen LogP contribution < -0.4 is 0 Å². The van der Waals surface area contributed by atoms with Gasteiger partial charge in [-0.2, -0.15) is 0 Å². The molecule has 1 saturated heterocycles. The van der Waals surface area contributed by atoms with Gasteiger partial charge in [0.25, 0.3) is 11.7 Å². The van der Waals surface area contributed by atoms with Crippen LogP contribution >= 0.6 is 15.9 Å². The van der Waals surface area contributed by atoms with Crippen molar-refractivity contribution in [1.29, 1.82) is 0 Å². The van der Waals surface area contributed by atoms with Crippen molar-refractivity contribution in [3.05, 3.63) is 75.8 Å². The molecular formula is C21H20BrNO4. The van der Waals surface area contributed by atoms with Gasteiger partial charge in [-0.3, -0.25) is 9.59 Å². The van der Waals surface area contributed by atoms with E-state index in [1.165, 1.54) is 4.90 Å². The Labute approximate surface area is 166 Å². The molecule has 2 aromatic rings. The number of aliphatic hydroxyl groups is 1. The minimum Gasteiger partial charge on any atom is -0.507 e. The van der Waals surface area contributed by atoms with Crippen LogP contribution in [0.5, 0.6) is 0 Å². The van der Waals surface area contributed by atoms with E-state index in [1.54, 1.807) is 31.4 Å². The van der Waals surface area contributed by atoms with Gasteiger partial charge < -0.3 is 14.7 Å². The van der Waals surface area contributed by atoms with Crippen molar-refractivity contribution in [2.75, 3.05) is 20.3 Å². The highest BCUT2D eigenvalue weighted by molar-refractivity contribution is 9.10. The maximum atomic E-state index is 12.8. The number of carbonyl (C=O) groups excluding carboxylic acids is 2. The van der Waals surface area contributed by atoms with E-state index >= 15 is 0 Å². The quantitative estimate of drug-likeness (QED) is 0.327. The minimum atomic E-state index is -0.668. The van der Waals surface area contributed by atoms with Gasteiger partial charge in [0.05, 0.1) is 11.6 Å². The summed E-state index contributed by atoms with van der Waals surface area (Å²) >= 11 is 3.44. The molecule has 1 aliphatic rings. The van der Waals surface area contributed by atoms with Gasteiger partial charge >= 0.3 is 0 Å². The lowest BCUT2D eigenvalue weighted by atomic mass is 9.95. The monoisotopic (exact) mass is 429 g/mol. The van der Waals surface area contributed by atoms with E-state index < -0.39 is 17.7 Å². The number of hydrogen-bond donors (Lipinski definition) is 1. The molecule has 1 aliphatic heterocycles. The number of rotatable bonds is 6. The van der Waals surface area contributed by atoms with Crippen LogP contribution in [0.2, 0.25) is 0 Å². The van der Waals surface area contributed by atoms with Crippen molar-refractivity contribution >= 4 is 33.4 Å². The summed E-state index contributed by atoms with van der Waals surface area (Å²) in [6, 6.07) is 15.6. The maximum absolute atomic E-state index is 12.8. The van der Waals surface area contributed by atoms with Crippen molar-refractivity contribution in [3.8, 4) is 0 Å². The second-order valence-corrected chi connectivity index (χ2v) is 7.18. The fourth-order valence-corrected chi connectivity index (χ4v) is 3.68. The zero-order chi connectivity index (χ0) is 19.4. The summed E-state index contributed by atoms with van der Waals surface area (Å²) in [7, 11) is 1.59. The van der Waals surface area contributed by atoms with Gasteiger partial charge in [-0.25, -0.2) is 0 Å². The number of ether oxygens (including phenoxy) is 1. The number of hydrogen-bond acceptors (Lipinski definition) is 4. The number of amides is 1. The van der Waals surface area contributed by atoms with Gasteiger partial charge in [-0.05, 0) is 24.1 Å².